The van der Waals surface area contributed by atoms with Crippen molar-refractivity contribution in [2.75, 3.05) is 28.4 Å². The van der Waals surface area contributed by atoms with Crippen LogP contribution in [0.5, 0.6) is 23.0 Å². The maximum Gasteiger partial charge on any atom is 0.286 e. The number of hydrazone groups is 1. The summed E-state index contributed by atoms with van der Waals surface area (Å²) < 4.78 is 21.4. The third-order valence-corrected chi connectivity index (χ3v) is 5.49. The van der Waals surface area contributed by atoms with E-state index in [1.165, 1.54) is 16.8 Å². The van der Waals surface area contributed by atoms with Gasteiger partial charge in [-0.15, -0.1) is 0 Å². The minimum atomic E-state index is -0.295. The van der Waals surface area contributed by atoms with Crippen LogP contribution in [-0.2, 0) is 4.79 Å². The van der Waals surface area contributed by atoms with Crippen molar-refractivity contribution >= 4 is 46.5 Å². The van der Waals surface area contributed by atoms with Gasteiger partial charge in [-0.2, -0.15) is 10.1 Å². The molecule has 0 aromatic heterocycles. The predicted octanol–water partition coefficient (Wildman–Crippen LogP) is 3.96. The molecular formula is C21H20N2O5S2. The lowest BCUT2D eigenvalue weighted by Crippen LogP contribution is -2.22. The zero-order valence-electron chi connectivity index (χ0n) is 16.9. The average molecular weight is 445 g/mol. The van der Waals surface area contributed by atoms with Crippen LogP contribution in [0.3, 0.4) is 0 Å². The number of ether oxygens (including phenoxy) is 4. The molecular weight excluding hydrogens is 424 g/mol. The van der Waals surface area contributed by atoms with Crippen molar-refractivity contribution in [2.45, 2.75) is 0 Å². The molecule has 1 aliphatic heterocycles. The smallest absolute Gasteiger partial charge is 0.286 e. The molecule has 1 heterocycles. The lowest BCUT2D eigenvalue weighted by molar-refractivity contribution is -0.122. The first-order valence-electron chi connectivity index (χ1n) is 8.76. The van der Waals surface area contributed by atoms with Crippen LogP contribution in [0.15, 0.2) is 46.4 Å². The summed E-state index contributed by atoms with van der Waals surface area (Å²) in [6, 6.07) is 10.7. The van der Waals surface area contributed by atoms with Gasteiger partial charge in [0.05, 0.1) is 39.6 Å². The maximum absolute atomic E-state index is 12.8. The molecule has 0 saturated carbocycles. The van der Waals surface area contributed by atoms with Gasteiger partial charge in [0, 0.05) is 0 Å². The third-order valence-electron chi connectivity index (χ3n) is 4.21. The van der Waals surface area contributed by atoms with E-state index in [1.54, 1.807) is 65.0 Å². The van der Waals surface area contributed by atoms with E-state index in [-0.39, 0.29) is 5.91 Å². The molecule has 1 saturated heterocycles. The summed E-state index contributed by atoms with van der Waals surface area (Å²) in [5.74, 6) is 2.07. The number of carbonyl (C=O) groups excluding carboxylic acids is 1. The molecule has 7 nitrogen and oxygen atoms in total. The van der Waals surface area contributed by atoms with Crippen molar-refractivity contribution in [3.05, 3.63) is 52.4 Å². The van der Waals surface area contributed by atoms with Gasteiger partial charge in [-0.1, -0.05) is 17.8 Å². The molecule has 0 spiro atoms. The van der Waals surface area contributed by atoms with E-state index in [0.29, 0.717) is 32.2 Å². The fourth-order valence-electron chi connectivity index (χ4n) is 2.71. The summed E-state index contributed by atoms with van der Waals surface area (Å²) >= 11 is 6.51. The van der Waals surface area contributed by atoms with Crippen molar-refractivity contribution in [3.8, 4) is 23.0 Å². The van der Waals surface area contributed by atoms with E-state index in [2.05, 4.69) is 5.10 Å². The number of amides is 1. The van der Waals surface area contributed by atoms with Crippen LogP contribution in [0.4, 0.5) is 0 Å². The van der Waals surface area contributed by atoms with E-state index in [9.17, 15) is 4.79 Å². The van der Waals surface area contributed by atoms with Crippen LogP contribution in [0.25, 0.3) is 6.08 Å². The van der Waals surface area contributed by atoms with Gasteiger partial charge in [0.2, 0.25) is 0 Å². The second-order valence-electron chi connectivity index (χ2n) is 5.97. The number of methoxy groups -OCH3 is 4. The Hall–Kier alpha value is -3.04. The molecule has 0 atom stereocenters. The zero-order valence-corrected chi connectivity index (χ0v) is 18.5. The number of nitrogens with zero attached hydrogens (tertiary/aromatic N) is 2. The fraction of sp³-hybridized carbons (Fsp3) is 0.190. The molecule has 1 aliphatic rings. The van der Waals surface area contributed by atoms with Gasteiger partial charge in [0.15, 0.2) is 27.3 Å². The van der Waals surface area contributed by atoms with Gasteiger partial charge in [0.1, 0.15) is 0 Å². The topological polar surface area (TPSA) is 69.6 Å². The molecule has 2 aromatic carbocycles. The van der Waals surface area contributed by atoms with Gasteiger partial charge < -0.3 is 18.9 Å². The largest absolute Gasteiger partial charge is 0.493 e. The molecule has 1 fully saturated rings. The summed E-state index contributed by atoms with van der Waals surface area (Å²) in [7, 11) is 6.25. The number of benzene rings is 2. The summed E-state index contributed by atoms with van der Waals surface area (Å²) in [4.78, 5) is 13.2. The molecule has 0 aliphatic carbocycles. The van der Waals surface area contributed by atoms with Crippen LogP contribution in [-0.4, -0.2) is 49.9 Å². The van der Waals surface area contributed by atoms with Crippen LogP contribution < -0.4 is 18.9 Å². The van der Waals surface area contributed by atoms with Gasteiger partial charge in [0.25, 0.3) is 5.91 Å². The molecule has 0 radical (unpaired) electrons. The van der Waals surface area contributed by atoms with Crippen molar-refractivity contribution in [1.29, 1.82) is 0 Å². The van der Waals surface area contributed by atoms with Gasteiger partial charge >= 0.3 is 0 Å². The summed E-state index contributed by atoms with van der Waals surface area (Å²) in [5.41, 5.74) is 1.53. The van der Waals surface area contributed by atoms with Crippen molar-refractivity contribution in [3.63, 3.8) is 0 Å². The van der Waals surface area contributed by atoms with Gasteiger partial charge in [-0.25, -0.2) is 0 Å². The Morgan fingerprint density at radius 3 is 1.97 bits per heavy atom. The molecule has 0 unspecified atom stereocenters. The zero-order chi connectivity index (χ0) is 21.7. The number of rotatable bonds is 7. The van der Waals surface area contributed by atoms with Gasteiger partial charge in [-0.05, 0) is 59.8 Å². The summed E-state index contributed by atoms with van der Waals surface area (Å²) in [6.07, 6.45) is 3.29. The van der Waals surface area contributed by atoms with Crippen LogP contribution in [0, 0.1) is 0 Å². The Morgan fingerprint density at radius 1 is 0.867 bits per heavy atom. The minimum absolute atomic E-state index is 0.295. The lowest BCUT2D eigenvalue weighted by atomic mass is 10.2. The van der Waals surface area contributed by atoms with Crippen molar-refractivity contribution in [2.24, 2.45) is 5.10 Å². The second-order valence-corrected chi connectivity index (χ2v) is 7.64. The van der Waals surface area contributed by atoms with Gasteiger partial charge in [-0.3, -0.25) is 4.79 Å². The fourth-order valence-corrected chi connectivity index (χ4v) is 3.88. The van der Waals surface area contributed by atoms with E-state index in [0.717, 1.165) is 11.1 Å². The molecule has 3 rings (SSSR count). The van der Waals surface area contributed by atoms with Crippen molar-refractivity contribution in [1.82, 2.24) is 5.01 Å². The maximum atomic E-state index is 12.8. The first-order valence-corrected chi connectivity index (χ1v) is 9.99. The van der Waals surface area contributed by atoms with Crippen molar-refractivity contribution < 1.29 is 23.7 Å². The van der Waals surface area contributed by atoms with E-state index in [1.807, 2.05) is 12.1 Å². The monoisotopic (exact) mass is 444 g/mol. The molecule has 0 N–H and O–H groups in total. The first kappa shape index (κ1) is 21.7. The Labute approximate surface area is 184 Å². The Bertz CT molecular complexity index is 1040. The third kappa shape index (κ3) is 4.58. The quantitative estimate of drug-likeness (QED) is 0.364. The number of carbonyl (C=O) groups is 1. The van der Waals surface area contributed by atoms with Crippen LogP contribution in [0.2, 0.25) is 0 Å². The van der Waals surface area contributed by atoms with Crippen LogP contribution >= 0.6 is 24.0 Å². The van der Waals surface area contributed by atoms with E-state index >= 15 is 0 Å². The average Bonchev–Trinajstić information content (AvgIpc) is 3.04. The first-order chi connectivity index (χ1) is 14.5. The molecule has 1 amide bonds. The molecule has 30 heavy (non-hydrogen) atoms. The SMILES string of the molecule is COc1ccc(C=NN2C(=O)C(=Cc3ccc(OC)c(OC)c3)SC2=S)cc1OC. The minimum Gasteiger partial charge on any atom is -0.493 e. The summed E-state index contributed by atoms with van der Waals surface area (Å²) in [5, 5.41) is 5.45. The lowest BCUT2D eigenvalue weighted by Gasteiger charge is -2.09. The molecule has 9 heteroatoms. The standard InChI is InChI=1S/C21H20N2O5S2/c1-25-15-7-5-13(9-17(15)27-3)11-19-20(24)23(21(29)30-19)22-12-14-6-8-16(26-2)18(10-14)28-4/h5-12H,1-4H3. The Kier molecular flexibility index (Phi) is 6.96. The number of hydrogen-bond acceptors (Lipinski definition) is 8. The molecule has 156 valence electrons. The number of thiocarbonyl (C=S) groups is 1. The van der Waals surface area contributed by atoms with E-state index in [4.69, 9.17) is 31.2 Å². The highest BCUT2D eigenvalue weighted by molar-refractivity contribution is 8.26. The second kappa shape index (κ2) is 9.64. The highest BCUT2D eigenvalue weighted by Crippen LogP contribution is 2.35. The van der Waals surface area contributed by atoms with Crippen LogP contribution in [0.1, 0.15) is 11.1 Å². The number of hydrogen-bond donors (Lipinski definition) is 0. The number of thioether (sulfide) groups is 1. The predicted molar refractivity (Wildman–Crippen MR) is 122 cm³/mol. The Balaban J connectivity index is 1.81. The van der Waals surface area contributed by atoms with E-state index < -0.39 is 0 Å². The highest BCUT2D eigenvalue weighted by Gasteiger charge is 2.32. The normalized spacial score (nSPS) is 15.2. The summed E-state index contributed by atoms with van der Waals surface area (Å²) in [6.45, 7) is 0. The Morgan fingerprint density at radius 2 is 1.40 bits per heavy atom. The molecule has 0 bridgehead atoms. The highest BCUT2D eigenvalue weighted by atomic mass is 32.2. The molecule has 2 aromatic rings.